The average Bonchev–Trinajstić information content (AvgIpc) is 2.66. The molecule has 6 nitrogen and oxygen atoms in total. The number of benzene rings is 1. The molecule has 0 amide bonds. The third kappa shape index (κ3) is 4.05. The van der Waals surface area contributed by atoms with Gasteiger partial charge in [0.1, 0.15) is 0 Å². The van der Waals surface area contributed by atoms with Gasteiger partial charge in [-0.05, 0) is 24.6 Å². The van der Waals surface area contributed by atoms with Crippen molar-refractivity contribution < 1.29 is 0 Å². The van der Waals surface area contributed by atoms with Crippen molar-refractivity contribution in [1.29, 1.82) is 0 Å². The van der Waals surface area contributed by atoms with Crippen molar-refractivity contribution in [1.82, 2.24) is 30.8 Å². The highest BCUT2D eigenvalue weighted by atomic mass is 79.9. The first-order chi connectivity index (χ1) is 13.1. The molecule has 1 aromatic carbocycles. The summed E-state index contributed by atoms with van der Waals surface area (Å²) in [7, 11) is 0. The molecule has 2 aromatic rings. The summed E-state index contributed by atoms with van der Waals surface area (Å²) >= 11 is 10.2. The maximum absolute atomic E-state index is 6.47. The smallest absolute Gasteiger partial charge is 0.0901 e. The van der Waals surface area contributed by atoms with Crippen molar-refractivity contribution in [2.75, 3.05) is 26.2 Å². The van der Waals surface area contributed by atoms with Gasteiger partial charge in [-0.1, -0.05) is 27.5 Å². The Morgan fingerprint density at radius 3 is 2.85 bits per heavy atom. The average molecular weight is 450 g/mol. The summed E-state index contributed by atoms with van der Waals surface area (Å²) in [5, 5.41) is 11.1. The highest BCUT2D eigenvalue weighted by molar-refractivity contribution is 9.11. The van der Waals surface area contributed by atoms with Gasteiger partial charge in [0.2, 0.25) is 0 Å². The molecule has 1 fully saturated rings. The standard InChI is InChI=1S/C19H22BrClN6/c1-12-11-27(5-4-23-12)19-14(20)9-22-10-18(19)26-8-13-6-16-17(7-15(13)21)25-3-2-24-16/h2-3,6-7,10,12,22-23,26H,4-5,8-9,11H2,1H3. The van der Waals surface area contributed by atoms with E-state index in [0.717, 1.165) is 53.0 Å². The van der Waals surface area contributed by atoms with Crippen LogP contribution in [0.25, 0.3) is 11.0 Å². The summed E-state index contributed by atoms with van der Waals surface area (Å²) < 4.78 is 1.16. The first-order valence-corrected chi connectivity index (χ1v) is 10.2. The zero-order valence-corrected chi connectivity index (χ0v) is 17.4. The summed E-state index contributed by atoms with van der Waals surface area (Å²) in [5.41, 5.74) is 4.95. The van der Waals surface area contributed by atoms with Gasteiger partial charge < -0.3 is 20.9 Å². The van der Waals surface area contributed by atoms with E-state index < -0.39 is 0 Å². The number of hydrogen-bond acceptors (Lipinski definition) is 6. The summed E-state index contributed by atoms with van der Waals surface area (Å²) in [6.45, 7) is 6.58. The number of hydrogen-bond donors (Lipinski definition) is 3. The molecule has 142 valence electrons. The first kappa shape index (κ1) is 18.5. The van der Waals surface area contributed by atoms with Gasteiger partial charge in [0.15, 0.2) is 0 Å². The molecule has 1 unspecified atom stereocenters. The molecule has 0 aliphatic carbocycles. The molecule has 27 heavy (non-hydrogen) atoms. The third-order valence-corrected chi connectivity index (χ3v) is 5.82. The third-order valence-electron chi connectivity index (χ3n) is 4.81. The fourth-order valence-corrected chi connectivity index (χ4v) is 4.36. The molecule has 0 saturated carbocycles. The van der Waals surface area contributed by atoms with Crippen molar-refractivity contribution in [3.05, 3.63) is 57.2 Å². The van der Waals surface area contributed by atoms with Crippen molar-refractivity contribution in [3.63, 3.8) is 0 Å². The van der Waals surface area contributed by atoms with Crippen LogP contribution in [0.2, 0.25) is 5.02 Å². The Morgan fingerprint density at radius 2 is 2.07 bits per heavy atom. The highest BCUT2D eigenvalue weighted by Gasteiger charge is 2.24. The molecule has 3 heterocycles. The fraction of sp³-hybridized carbons (Fsp3) is 0.368. The van der Waals surface area contributed by atoms with Gasteiger partial charge in [0.05, 0.1) is 22.4 Å². The topological polar surface area (TPSA) is 65.1 Å². The second-order valence-electron chi connectivity index (χ2n) is 6.84. The number of piperazine rings is 1. The lowest BCUT2D eigenvalue weighted by Gasteiger charge is -2.38. The SMILES string of the molecule is CC1CN(C2=C(Br)CNC=C2NCc2cc3nccnc3cc2Cl)CCN1. The molecule has 1 saturated heterocycles. The summed E-state index contributed by atoms with van der Waals surface area (Å²) in [6.07, 6.45) is 5.42. The molecule has 1 aromatic heterocycles. The Bertz CT molecular complexity index is 912. The molecule has 0 spiro atoms. The van der Waals surface area contributed by atoms with Crippen LogP contribution in [0.15, 0.2) is 46.6 Å². The van der Waals surface area contributed by atoms with Crippen LogP contribution in [0.3, 0.4) is 0 Å². The van der Waals surface area contributed by atoms with E-state index in [-0.39, 0.29) is 0 Å². The Hall–Kier alpha value is -1.83. The van der Waals surface area contributed by atoms with Crippen LogP contribution in [0, 0.1) is 0 Å². The van der Waals surface area contributed by atoms with E-state index in [1.165, 1.54) is 5.70 Å². The molecule has 8 heteroatoms. The lowest BCUT2D eigenvalue weighted by molar-refractivity contribution is 0.255. The predicted octanol–water partition coefficient (Wildman–Crippen LogP) is 2.72. The molecular weight excluding hydrogens is 428 g/mol. The van der Waals surface area contributed by atoms with Gasteiger partial charge in [-0.2, -0.15) is 0 Å². The van der Waals surface area contributed by atoms with Gasteiger partial charge in [-0.3, -0.25) is 9.97 Å². The molecule has 0 radical (unpaired) electrons. The van der Waals surface area contributed by atoms with Crippen LogP contribution in [-0.2, 0) is 6.54 Å². The van der Waals surface area contributed by atoms with E-state index in [0.29, 0.717) is 17.6 Å². The minimum Gasteiger partial charge on any atom is -0.384 e. The van der Waals surface area contributed by atoms with E-state index in [2.05, 4.69) is 53.7 Å². The number of rotatable bonds is 4. The van der Waals surface area contributed by atoms with Crippen LogP contribution in [0.5, 0.6) is 0 Å². The Labute approximate surface area is 172 Å². The van der Waals surface area contributed by atoms with Crippen molar-refractivity contribution in [2.24, 2.45) is 0 Å². The van der Waals surface area contributed by atoms with Crippen molar-refractivity contribution in [3.8, 4) is 0 Å². The largest absolute Gasteiger partial charge is 0.384 e. The molecule has 2 aliphatic rings. The number of fused-ring (bicyclic) bond motifs is 1. The molecule has 1 atom stereocenters. The minimum absolute atomic E-state index is 0.469. The number of aromatic nitrogens is 2. The van der Waals surface area contributed by atoms with Crippen LogP contribution in [-0.4, -0.2) is 47.1 Å². The Kier molecular flexibility index (Phi) is 5.52. The molecule has 4 rings (SSSR count). The zero-order chi connectivity index (χ0) is 18.8. The van der Waals surface area contributed by atoms with Crippen molar-refractivity contribution >= 4 is 38.6 Å². The normalized spacial score (nSPS) is 20.5. The van der Waals surface area contributed by atoms with Gasteiger partial charge in [0.25, 0.3) is 0 Å². The van der Waals surface area contributed by atoms with Crippen LogP contribution in [0.4, 0.5) is 0 Å². The lowest BCUT2D eigenvalue weighted by atomic mass is 10.1. The van der Waals surface area contributed by atoms with E-state index in [1.807, 2.05) is 18.3 Å². The van der Waals surface area contributed by atoms with Crippen LogP contribution >= 0.6 is 27.5 Å². The van der Waals surface area contributed by atoms with Crippen LogP contribution < -0.4 is 16.0 Å². The van der Waals surface area contributed by atoms with E-state index in [1.54, 1.807) is 12.4 Å². The van der Waals surface area contributed by atoms with Crippen molar-refractivity contribution in [2.45, 2.75) is 19.5 Å². The lowest BCUT2D eigenvalue weighted by Crippen LogP contribution is -2.50. The molecular formula is C19H22BrClN6. The number of dihydropyridines is 1. The Morgan fingerprint density at radius 1 is 1.30 bits per heavy atom. The summed E-state index contributed by atoms with van der Waals surface area (Å²) in [5.74, 6) is 0. The maximum atomic E-state index is 6.47. The van der Waals surface area contributed by atoms with E-state index in [9.17, 15) is 0 Å². The summed E-state index contributed by atoms with van der Waals surface area (Å²) in [4.78, 5) is 11.1. The molecule has 3 N–H and O–H groups in total. The minimum atomic E-state index is 0.469. The Balaban J connectivity index is 1.54. The maximum Gasteiger partial charge on any atom is 0.0901 e. The molecule has 2 aliphatic heterocycles. The summed E-state index contributed by atoms with van der Waals surface area (Å²) in [6, 6.07) is 4.34. The van der Waals surface area contributed by atoms with Gasteiger partial charge in [0, 0.05) is 66.9 Å². The van der Waals surface area contributed by atoms with E-state index >= 15 is 0 Å². The number of nitrogens with zero attached hydrogens (tertiary/aromatic N) is 3. The first-order valence-electron chi connectivity index (χ1n) is 9.06. The number of halogens is 2. The monoisotopic (exact) mass is 448 g/mol. The van der Waals surface area contributed by atoms with Gasteiger partial charge in [-0.15, -0.1) is 0 Å². The van der Waals surface area contributed by atoms with E-state index in [4.69, 9.17) is 11.6 Å². The highest BCUT2D eigenvalue weighted by Crippen LogP contribution is 2.27. The second kappa shape index (κ2) is 8.04. The van der Waals surface area contributed by atoms with Gasteiger partial charge >= 0.3 is 0 Å². The fourth-order valence-electron chi connectivity index (χ4n) is 3.51. The second-order valence-corrected chi connectivity index (χ2v) is 8.20. The quantitative estimate of drug-likeness (QED) is 0.667. The number of nitrogens with one attached hydrogen (secondary N) is 3. The van der Waals surface area contributed by atoms with Gasteiger partial charge in [-0.25, -0.2) is 0 Å². The predicted molar refractivity (Wildman–Crippen MR) is 112 cm³/mol. The molecule has 0 bridgehead atoms. The van der Waals surface area contributed by atoms with Crippen LogP contribution in [0.1, 0.15) is 12.5 Å². The zero-order valence-electron chi connectivity index (χ0n) is 15.1.